The second-order valence-electron chi connectivity index (χ2n) is 8.28. The van der Waals surface area contributed by atoms with E-state index in [9.17, 15) is 4.79 Å². The van der Waals surface area contributed by atoms with Crippen LogP contribution in [0.25, 0.3) is 11.5 Å². The number of likely N-dealkylation sites (N-methyl/N-ethyl adjacent to an activating group) is 1. The first-order valence-corrected chi connectivity index (χ1v) is 10.5. The number of aromatic nitrogens is 2. The van der Waals surface area contributed by atoms with E-state index in [1.165, 1.54) is 10.5 Å². The number of amides is 1. The second kappa shape index (κ2) is 9.00. The Kier molecular flexibility index (Phi) is 6.61. The number of nitrogens with zero attached hydrogens (tertiary/aromatic N) is 3. The van der Waals surface area contributed by atoms with Gasteiger partial charge in [0.2, 0.25) is 11.8 Å². The van der Waals surface area contributed by atoms with Gasteiger partial charge in [0, 0.05) is 17.1 Å². The zero-order valence-electron chi connectivity index (χ0n) is 17.9. The van der Waals surface area contributed by atoms with E-state index in [4.69, 9.17) is 9.15 Å². The van der Waals surface area contributed by atoms with Gasteiger partial charge in [-0.2, -0.15) is 0 Å². The summed E-state index contributed by atoms with van der Waals surface area (Å²) in [6, 6.07) is 13.7. The molecule has 0 aliphatic heterocycles. The van der Waals surface area contributed by atoms with Crippen LogP contribution < -0.4 is 4.74 Å². The molecule has 1 aromatic heterocycles. The smallest absolute Gasteiger partial charge is 0.260 e. The van der Waals surface area contributed by atoms with Crippen LogP contribution in [0.4, 0.5) is 0 Å². The molecule has 0 bridgehead atoms. The minimum absolute atomic E-state index is 0.0627. The monoisotopic (exact) mass is 471 g/mol. The summed E-state index contributed by atoms with van der Waals surface area (Å²) >= 11 is 3.45. The van der Waals surface area contributed by atoms with Crippen LogP contribution in [0.3, 0.4) is 0 Å². The number of halogens is 1. The first-order valence-electron chi connectivity index (χ1n) is 9.69. The highest BCUT2D eigenvalue weighted by Gasteiger charge is 2.17. The maximum absolute atomic E-state index is 12.4. The molecular formula is C23H26BrN3O3. The summed E-state index contributed by atoms with van der Waals surface area (Å²) in [7, 11) is 1.68. The molecule has 3 aromatic rings. The van der Waals surface area contributed by atoms with Crippen LogP contribution >= 0.6 is 15.9 Å². The summed E-state index contributed by atoms with van der Waals surface area (Å²) in [6.07, 6.45) is 0. The lowest BCUT2D eigenvalue weighted by Gasteiger charge is -2.18. The predicted molar refractivity (Wildman–Crippen MR) is 119 cm³/mol. The lowest BCUT2D eigenvalue weighted by Crippen LogP contribution is -2.31. The molecule has 0 fully saturated rings. The standard InChI is InChI=1S/C23H26BrN3O3/c1-15-12-18(10-11-19(15)24)29-14-21(28)27(5)13-20-25-26-22(30-20)16-6-8-17(9-7-16)23(2,3)4/h6-12H,13-14H2,1-5H3. The van der Waals surface area contributed by atoms with Crippen molar-refractivity contribution in [2.75, 3.05) is 13.7 Å². The third-order valence-corrected chi connectivity index (χ3v) is 5.64. The summed E-state index contributed by atoms with van der Waals surface area (Å²) in [5.74, 6) is 1.29. The van der Waals surface area contributed by atoms with Gasteiger partial charge in [0.15, 0.2) is 6.61 Å². The maximum atomic E-state index is 12.4. The highest BCUT2D eigenvalue weighted by molar-refractivity contribution is 9.10. The Morgan fingerprint density at radius 3 is 2.47 bits per heavy atom. The van der Waals surface area contributed by atoms with Crippen LogP contribution in [0.15, 0.2) is 51.4 Å². The Bertz CT molecular complexity index is 1020. The van der Waals surface area contributed by atoms with Gasteiger partial charge in [-0.15, -0.1) is 10.2 Å². The van der Waals surface area contributed by atoms with Crippen LogP contribution in [0.2, 0.25) is 0 Å². The van der Waals surface area contributed by atoms with Gasteiger partial charge in [-0.05, 0) is 53.8 Å². The van der Waals surface area contributed by atoms with E-state index in [0.29, 0.717) is 17.5 Å². The van der Waals surface area contributed by atoms with Gasteiger partial charge in [-0.1, -0.05) is 48.8 Å². The number of ether oxygens (including phenoxy) is 1. The largest absolute Gasteiger partial charge is 0.484 e. The second-order valence-corrected chi connectivity index (χ2v) is 9.13. The molecule has 0 spiro atoms. The number of hydrogen-bond acceptors (Lipinski definition) is 5. The average Bonchev–Trinajstić information content (AvgIpc) is 3.16. The highest BCUT2D eigenvalue weighted by Crippen LogP contribution is 2.26. The molecular weight excluding hydrogens is 446 g/mol. The molecule has 30 heavy (non-hydrogen) atoms. The lowest BCUT2D eigenvalue weighted by atomic mass is 9.87. The Labute approximate surface area is 185 Å². The van der Waals surface area contributed by atoms with E-state index >= 15 is 0 Å². The third-order valence-electron chi connectivity index (χ3n) is 4.75. The van der Waals surface area contributed by atoms with Crippen molar-refractivity contribution in [1.82, 2.24) is 15.1 Å². The average molecular weight is 472 g/mol. The number of rotatable bonds is 6. The molecule has 0 saturated heterocycles. The summed E-state index contributed by atoms with van der Waals surface area (Å²) in [5.41, 5.74) is 3.21. The van der Waals surface area contributed by atoms with Gasteiger partial charge in [-0.3, -0.25) is 4.79 Å². The van der Waals surface area contributed by atoms with Gasteiger partial charge < -0.3 is 14.1 Å². The van der Waals surface area contributed by atoms with Crippen molar-refractivity contribution in [3.63, 3.8) is 0 Å². The molecule has 1 amide bonds. The summed E-state index contributed by atoms with van der Waals surface area (Å²) in [4.78, 5) is 13.9. The lowest BCUT2D eigenvalue weighted by molar-refractivity contribution is -0.132. The van der Waals surface area contributed by atoms with Crippen molar-refractivity contribution in [3.05, 3.63) is 64.0 Å². The van der Waals surface area contributed by atoms with Crippen molar-refractivity contribution in [1.29, 1.82) is 0 Å². The minimum atomic E-state index is -0.176. The van der Waals surface area contributed by atoms with E-state index in [-0.39, 0.29) is 24.5 Å². The fourth-order valence-electron chi connectivity index (χ4n) is 2.80. The molecule has 0 radical (unpaired) electrons. The molecule has 2 aromatic carbocycles. The van der Waals surface area contributed by atoms with Crippen molar-refractivity contribution < 1.29 is 13.9 Å². The van der Waals surface area contributed by atoms with Crippen molar-refractivity contribution in [3.8, 4) is 17.2 Å². The Hall–Kier alpha value is -2.67. The fourth-order valence-corrected chi connectivity index (χ4v) is 3.05. The first kappa shape index (κ1) is 22.0. The number of aryl methyl sites for hydroxylation is 1. The zero-order chi connectivity index (χ0) is 21.9. The molecule has 1 heterocycles. The molecule has 158 valence electrons. The van der Waals surface area contributed by atoms with Crippen molar-refractivity contribution in [2.45, 2.75) is 39.7 Å². The predicted octanol–water partition coefficient (Wildman–Crippen LogP) is 5.14. The quantitative estimate of drug-likeness (QED) is 0.497. The first-order chi connectivity index (χ1) is 14.1. The van der Waals surface area contributed by atoms with E-state index < -0.39 is 0 Å². The highest BCUT2D eigenvalue weighted by atomic mass is 79.9. The molecule has 6 nitrogen and oxygen atoms in total. The van der Waals surface area contributed by atoms with Crippen LogP contribution in [-0.2, 0) is 16.8 Å². The molecule has 0 saturated carbocycles. The summed E-state index contributed by atoms with van der Waals surface area (Å²) < 4.78 is 12.3. The minimum Gasteiger partial charge on any atom is -0.484 e. The zero-order valence-corrected chi connectivity index (χ0v) is 19.5. The van der Waals surface area contributed by atoms with Gasteiger partial charge in [-0.25, -0.2) is 0 Å². The number of carbonyl (C=O) groups is 1. The Morgan fingerprint density at radius 2 is 1.83 bits per heavy atom. The van der Waals surface area contributed by atoms with Gasteiger partial charge in [0.1, 0.15) is 5.75 Å². The fraction of sp³-hybridized carbons (Fsp3) is 0.348. The molecule has 0 aliphatic rings. The van der Waals surface area contributed by atoms with Crippen LogP contribution in [0.1, 0.15) is 37.8 Å². The molecule has 0 N–H and O–H groups in total. The van der Waals surface area contributed by atoms with Crippen molar-refractivity contribution in [2.24, 2.45) is 0 Å². The molecule has 0 unspecified atom stereocenters. The third kappa shape index (κ3) is 5.48. The molecule has 0 aliphatic carbocycles. The van der Waals surface area contributed by atoms with Gasteiger partial charge in [0.05, 0.1) is 6.54 Å². The Balaban J connectivity index is 1.58. The summed E-state index contributed by atoms with van der Waals surface area (Å²) in [6.45, 7) is 8.62. The normalized spacial score (nSPS) is 11.4. The number of carbonyl (C=O) groups excluding carboxylic acids is 1. The van der Waals surface area contributed by atoms with E-state index in [1.54, 1.807) is 7.05 Å². The van der Waals surface area contributed by atoms with E-state index in [0.717, 1.165) is 15.6 Å². The number of hydrogen-bond donors (Lipinski definition) is 0. The molecule has 7 heteroatoms. The SMILES string of the molecule is Cc1cc(OCC(=O)N(C)Cc2nnc(-c3ccc(C(C)(C)C)cc3)o2)ccc1Br. The summed E-state index contributed by atoms with van der Waals surface area (Å²) in [5, 5.41) is 8.18. The van der Waals surface area contributed by atoms with Crippen molar-refractivity contribution >= 4 is 21.8 Å². The maximum Gasteiger partial charge on any atom is 0.260 e. The number of benzene rings is 2. The van der Waals surface area contributed by atoms with Crippen LogP contribution in [0, 0.1) is 6.92 Å². The van der Waals surface area contributed by atoms with Crippen LogP contribution in [0.5, 0.6) is 5.75 Å². The topological polar surface area (TPSA) is 68.5 Å². The van der Waals surface area contributed by atoms with Gasteiger partial charge in [0.25, 0.3) is 5.91 Å². The molecule has 0 atom stereocenters. The molecule has 3 rings (SSSR count). The Morgan fingerprint density at radius 1 is 1.13 bits per heavy atom. The van der Waals surface area contributed by atoms with E-state index in [2.05, 4.69) is 59.0 Å². The van der Waals surface area contributed by atoms with Gasteiger partial charge >= 0.3 is 0 Å². The van der Waals surface area contributed by atoms with E-state index in [1.807, 2.05) is 37.3 Å². The van der Waals surface area contributed by atoms with Crippen LogP contribution in [-0.4, -0.2) is 34.7 Å².